The number of nitrogen functional groups attached to an aromatic ring is 1. The van der Waals surface area contributed by atoms with E-state index < -0.39 is 5.82 Å². The van der Waals surface area contributed by atoms with Crippen LogP contribution in [0.4, 0.5) is 10.2 Å². The highest BCUT2D eigenvalue weighted by atomic mass is 19.1. The number of benzene rings is 1. The van der Waals surface area contributed by atoms with Gasteiger partial charge in [-0.25, -0.2) is 4.39 Å². The number of anilines is 1. The van der Waals surface area contributed by atoms with Crippen LogP contribution >= 0.6 is 0 Å². The van der Waals surface area contributed by atoms with Crippen molar-refractivity contribution in [2.45, 2.75) is 6.92 Å². The van der Waals surface area contributed by atoms with Crippen LogP contribution < -0.4 is 10.5 Å². The Morgan fingerprint density at radius 3 is 2.78 bits per heavy atom. The Morgan fingerprint density at radius 1 is 1.44 bits per heavy atom. The summed E-state index contributed by atoms with van der Waals surface area (Å²) in [5, 5.41) is 8.80. The minimum Gasteiger partial charge on any atom is -0.491 e. The third-order valence-corrected chi connectivity index (χ3v) is 2.51. The van der Waals surface area contributed by atoms with E-state index in [4.69, 9.17) is 15.7 Å². The SMILES string of the molecule is CCOc1ccc(-c2cc(C#N)c(N)[nH]2)cc1F. The predicted octanol–water partition coefficient (Wildman–Crippen LogP) is 2.67. The summed E-state index contributed by atoms with van der Waals surface area (Å²) in [6.07, 6.45) is 0. The molecule has 4 nitrogen and oxygen atoms in total. The number of hydrogen-bond donors (Lipinski definition) is 2. The van der Waals surface area contributed by atoms with Gasteiger partial charge in [-0.15, -0.1) is 0 Å². The molecular weight excluding hydrogens is 233 g/mol. The molecule has 3 N–H and O–H groups in total. The largest absolute Gasteiger partial charge is 0.491 e. The molecule has 0 unspecified atom stereocenters. The van der Waals surface area contributed by atoms with Crippen LogP contribution in [0, 0.1) is 17.1 Å². The summed E-state index contributed by atoms with van der Waals surface area (Å²) in [4.78, 5) is 2.84. The topological polar surface area (TPSA) is 74.8 Å². The Hall–Kier alpha value is -2.48. The lowest BCUT2D eigenvalue weighted by molar-refractivity contribution is 0.321. The highest BCUT2D eigenvalue weighted by Gasteiger charge is 2.09. The summed E-state index contributed by atoms with van der Waals surface area (Å²) < 4.78 is 18.8. The minimum absolute atomic E-state index is 0.210. The predicted molar refractivity (Wildman–Crippen MR) is 66.5 cm³/mol. The van der Waals surface area contributed by atoms with Crippen molar-refractivity contribution < 1.29 is 9.13 Å². The van der Waals surface area contributed by atoms with Gasteiger partial charge < -0.3 is 15.5 Å². The first-order chi connectivity index (χ1) is 8.65. The molecule has 0 saturated carbocycles. The summed E-state index contributed by atoms with van der Waals surface area (Å²) in [5.74, 6) is 0.0455. The van der Waals surface area contributed by atoms with Gasteiger partial charge in [-0.05, 0) is 31.2 Å². The molecule has 2 aromatic rings. The molecule has 92 valence electrons. The minimum atomic E-state index is -0.443. The smallest absolute Gasteiger partial charge is 0.165 e. The molecule has 18 heavy (non-hydrogen) atoms. The van der Waals surface area contributed by atoms with Gasteiger partial charge >= 0.3 is 0 Å². The summed E-state index contributed by atoms with van der Waals surface area (Å²) in [6.45, 7) is 2.20. The van der Waals surface area contributed by atoms with Crippen LogP contribution in [-0.2, 0) is 0 Å². The standard InChI is InChI=1S/C13H12FN3O/c1-2-18-12-4-3-8(5-10(12)14)11-6-9(7-15)13(16)17-11/h3-6,17H,2,16H2,1H3. The zero-order valence-corrected chi connectivity index (χ0v) is 9.83. The molecule has 0 spiro atoms. The van der Waals surface area contributed by atoms with Crippen molar-refractivity contribution in [3.8, 4) is 23.1 Å². The number of hydrogen-bond acceptors (Lipinski definition) is 3. The first-order valence-corrected chi connectivity index (χ1v) is 5.47. The van der Waals surface area contributed by atoms with E-state index in [-0.39, 0.29) is 11.6 Å². The van der Waals surface area contributed by atoms with Gasteiger partial charge in [0.25, 0.3) is 0 Å². The third kappa shape index (κ3) is 2.13. The van der Waals surface area contributed by atoms with Crippen LogP contribution in [0.15, 0.2) is 24.3 Å². The number of nitrogens with zero attached hydrogens (tertiary/aromatic N) is 1. The van der Waals surface area contributed by atoms with Crippen molar-refractivity contribution in [3.63, 3.8) is 0 Å². The third-order valence-electron chi connectivity index (χ3n) is 2.51. The number of rotatable bonds is 3. The Bertz CT molecular complexity index is 613. The Balaban J connectivity index is 2.39. The number of nitrogens with one attached hydrogen (secondary N) is 1. The number of aromatic amines is 1. The summed E-state index contributed by atoms with van der Waals surface area (Å²) in [5.41, 5.74) is 7.17. The summed E-state index contributed by atoms with van der Waals surface area (Å²) >= 11 is 0. The van der Waals surface area contributed by atoms with Crippen molar-refractivity contribution in [1.82, 2.24) is 4.98 Å². The molecule has 0 amide bonds. The van der Waals surface area contributed by atoms with E-state index in [1.54, 1.807) is 25.1 Å². The molecule has 0 fully saturated rings. The first kappa shape index (κ1) is 12.0. The molecule has 1 heterocycles. The maximum Gasteiger partial charge on any atom is 0.165 e. The van der Waals surface area contributed by atoms with Crippen LogP contribution in [-0.4, -0.2) is 11.6 Å². The van der Waals surface area contributed by atoms with E-state index in [0.29, 0.717) is 23.4 Å². The average Bonchev–Trinajstić information content (AvgIpc) is 2.73. The van der Waals surface area contributed by atoms with Gasteiger partial charge in [-0.3, -0.25) is 0 Å². The molecular formula is C13H12FN3O. The zero-order chi connectivity index (χ0) is 13.1. The average molecular weight is 245 g/mol. The van der Waals surface area contributed by atoms with Crippen LogP contribution in [0.3, 0.4) is 0 Å². The Labute approximate surface area is 104 Å². The van der Waals surface area contributed by atoms with Crippen LogP contribution in [0.5, 0.6) is 5.75 Å². The molecule has 0 aliphatic carbocycles. The second-order valence-corrected chi connectivity index (χ2v) is 3.70. The zero-order valence-electron chi connectivity index (χ0n) is 9.83. The number of ether oxygens (including phenoxy) is 1. The second kappa shape index (κ2) is 4.80. The van der Waals surface area contributed by atoms with Crippen molar-refractivity contribution in [2.75, 3.05) is 12.3 Å². The molecule has 0 aliphatic rings. The highest BCUT2D eigenvalue weighted by molar-refractivity contribution is 5.68. The normalized spacial score (nSPS) is 10.1. The fraction of sp³-hybridized carbons (Fsp3) is 0.154. The first-order valence-electron chi connectivity index (χ1n) is 5.47. The lowest BCUT2D eigenvalue weighted by Crippen LogP contribution is -1.94. The van der Waals surface area contributed by atoms with Gasteiger partial charge in [0.1, 0.15) is 11.9 Å². The Morgan fingerprint density at radius 2 is 2.22 bits per heavy atom. The lowest BCUT2D eigenvalue weighted by atomic mass is 10.1. The van der Waals surface area contributed by atoms with E-state index in [1.807, 2.05) is 6.07 Å². The van der Waals surface area contributed by atoms with Crippen molar-refractivity contribution >= 4 is 5.82 Å². The van der Waals surface area contributed by atoms with E-state index in [9.17, 15) is 4.39 Å². The number of halogens is 1. The molecule has 0 radical (unpaired) electrons. The van der Waals surface area contributed by atoms with Gasteiger partial charge in [0, 0.05) is 11.3 Å². The monoisotopic (exact) mass is 245 g/mol. The highest BCUT2D eigenvalue weighted by Crippen LogP contribution is 2.27. The van der Waals surface area contributed by atoms with Crippen molar-refractivity contribution in [3.05, 3.63) is 35.6 Å². The Kier molecular flexibility index (Phi) is 3.20. The molecule has 0 bridgehead atoms. The van der Waals surface area contributed by atoms with Gasteiger partial charge in [0.2, 0.25) is 0 Å². The van der Waals surface area contributed by atoms with Crippen LogP contribution in [0.1, 0.15) is 12.5 Å². The van der Waals surface area contributed by atoms with Gasteiger partial charge in [-0.1, -0.05) is 0 Å². The van der Waals surface area contributed by atoms with E-state index in [1.165, 1.54) is 6.07 Å². The summed E-state index contributed by atoms with van der Waals surface area (Å²) in [6, 6.07) is 8.15. The fourth-order valence-electron chi connectivity index (χ4n) is 1.66. The number of nitrogens with two attached hydrogens (primary N) is 1. The van der Waals surface area contributed by atoms with Crippen molar-refractivity contribution in [2.24, 2.45) is 0 Å². The van der Waals surface area contributed by atoms with Crippen LogP contribution in [0.2, 0.25) is 0 Å². The molecule has 0 saturated heterocycles. The molecule has 0 atom stereocenters. The number of H-pyrrole nitrogens is 1. The van der Waals surface area contributed by atoms with Gasteiger partial charge in [0.15, 0.2) is 11.6 Å². The number of nitriles is 1. The van der Waals surface area contributed by atoms with Crippen LogP contribution in [0.25, 0.3) is 11.3 Å². The lowest BCUT2D eigenvalue weighted by Gasteiger charge is -2.05. The molecule has 1 aromatic carbocycles. The van der Waals surface area contributed by atoms with Gasteiger partial charge in [0.05, 0.1) is 12.2 Å². The molecule has 0 aliphatic heterocycles. The summed E-state index contributed by atoms with van der Waals surface area (Å²) in [7, 11) is 0. The maximum atomic E-state index is 13.7. The van der Waals surface area contributed by atoms with Crippen molar-refractivity contribution in [1.29, 1.82) is 5.26 Å². The van der Waals surface area contributed by atoms with E-state index >= 15 is 0 Å². The van der Waals surface area contributed by atoms with Gasteiger partial charge in [-0.2, -0.15) is 5.26 Å². The second-order valence-electron chi connectivity index (χ2n) is 3.70. The molecule has 1 aromatic heterocycles. The number of aromatic nitrogens is 1. The molecule has 5 heteroatoms. The molecule has 2 rings (SSSR count). The fourth-order valence-corrected chi connectivity index (χ4v) is 1.66. The van der Waals surface area contributed by atoms with E-state index in [0.717, 1.165) is 0 Å². The van der Waals surface area contributed by atoms with E-state index in [2.05, 4.69) is 4.98 Å². The quantitative estimate of drug-likeness (QED) is 0.872. The maximum absolute atomic E-state index is 13.7.